The van der Waals surface area contributed by atoms with E-state index in [0.29, 0.717) is 22.0 Å². The summed E-state index contributed by atoms with van der Waals surface area (Å²) in [6.07, 6.45) is 4.30. The Morgan fingerprint density at radius 2 is 1.97 bits per heavy atom. The van der Waals surface area contributed by atoms with Crippen LogP contribution in [-0.2, 0) is 14.6 Å². The summed E-state index contributed by atoms with van der Waals surface area (Å²) in [5.74, 6) is -0.947. The summed E-state index contributed by atoms with van der Waals surface area (Å²) in [4.78, 5) is 12.3. The fraction of sp³-hybridized carbons (Fsp3) is 0.375. The zero-order valence-electron chi connectivity index (χ0n) is 19.2. The van der Waals surface area contributed by atoms with Gasteiger partial charge in [-0.05, 0) is 43.5 Å². The molecule has 1 aliphatic rings. The summed E-state index contributed by atoms with van der Waals surface area (Å²) in [5, 5.41) is 15.0. The van der Waals surface area contributed by atoms with Gasteiger partial charge in [0.15, 0.2) is 11.5 Å². The van der Waals surface area contributed by atoms with Gasteiger partial charge in [0.25, 0.3) is 0 Å². The Kier molecular flexibility index (Phi) is 6.88. The SMILES string of the molecule is CCOc1cc(C(CS(C)(=O)=O)n2cc3cccc(NC(=O)C4CC4)c3c2O)ccc1OC(F)F. The topological polar surface area (TPSA) is 107 Å². The molecule has 0 spiro atoms. The lowest BCUT2D eigenvalue weighted by molar-refractivity contribution is -0.117. The fourth-order valence-electron chi connectivity index (χ4n) is 4.01. The van der Waals surface area contributed by atoms with Gasteiger partial charge in [0.1, 0.15) is 9.84 Å². The van der Waals surface area contributed by atoms with Crippen molar-refractivity contribution in [2.24, 2.45) is 5.92 Å². The number of nitrogens with one attached hydrogen (secondary N) is 1. The van der Waals surface area contributed by atoms with Crippen LogP contribution in [0.5, 0.6) is 17.4 Å². The average molecular weight is 509 g/mol. The first-order valence-electron chi connectivity index (χ1n) is 11.1. The summed E-state index contributed by atoms with van der Waals surface area (Å²) in [6.45, 7) is -1.22. The van der Waals surface area contributed by atoms with Gasteiger partial charge in [-0.15, -0.1) is 0 Å². The highest BCUT2D eigenvalue weighted by molar-refractivity contribution is 7.90. The van der Waals surface area contributed by atoms with Gasteiger partial charge in [-0.2, -0.15) is 8.78 Å². The van der Waals surface area contributed by atoms with Crippen molar-refractivity contribution in [1.82, 2.24) is 4.57 Å². The molecule has 35 heavy (non-hydrogen) atoms. The summed E-state index contributed by atoms with van der Waals surface area (Å²) >= 11 is 0. The Morgan fingerprint density at radius 1 is 1.23 bits per heavy atom. The lowest BCUT2D eigenvalue weighted by Gasteiger charge is -2.21. The average Bonchev–Trinajstić information content (AvgIpc) is 3.57. The lowest BCUT2D eigenvalue weighted by Crippen LogP contribution is -2.20. The Morgan fingerprint density at radius 3 is 2.60 bits per heavy atom. The highest BCUT2D eigenvalue weighted by Crippen LogP contribution is 2.40. The third kappa shape index (κ3) is 5.67. The highest BCUT2D eigenvalue weighted by atomic mass is 32.2. The molecule has 0 aliphatic heterocycles. The highest BCUT2D eigenvalue weighted by Gasteiger charge is 2.31. The molecular weight excluding hydrogens is 482 g/mol. The van der Waals surface area contributed by atoms with Crippen molar-refractivity contribution < 1.29 is 36.6 Å². The lowest BCUT2D eigenvalue weighted by atomic mass is 10.1. The van der Waals surface area contributed by atoms with E-state index in [4.69, 9.17) is 4.74 Å². The van der Waals surface area contributed by atoms with Crippen LogP contribution in [0.3, 0.4) is 0 Å². The van der Waals surface area contributed by atoms with Crippen molar-refractivity contribution in [3.8, 4) is 17.4 Å². The van der Waals surface area contributed by atoms with Crippen LogP contribution in [0.1, 0.15) is 31.4 Å². The summed E-state index contributed by atoms with van der Waals surface area (Å²) in [7, 11) is -3.55. The maximum Gasteiger partial charge on any atom is 0.387 e. The Hall–Kier alpha value is -3.34. The van der Waals surface area contributed by atoms with E-state index in [1.54, 1.807) is 31.3 Å². The number of sulfone groups is 1. The molecular formula is C24H26F2N2O6S. The van der Waals surface area contributed by atoms with Crippen LogP contribution in [0.2, 0.25) is 0 Å². The predicted octanol–water partition coefficient (Wildman–Crippen LogP) is 4.33. The Bertz CT molecular complexity index is 1350. The molecule has 1 amide bonds. The van der Waals surface area contributed by atoms with Crippen LogP contribution >= 0.6 is 0 Å². The molecule has 3 aromatic rings. The molecule has 2 N–H and O–H groups in total. The van der Waals surface area contributed by atoms with E-state index < -0.39 is 22.5 Å². The van der Waals surface area contributed by atoms with Gasteiger partial charge >= 0.3 is 6.61 Å². The van der Waals surface area contributed by atoms with Crippen molar-refractivity contribution in [2.45, 2.75) is 32.4 Å². The number of halogens is 2. The Balaban J connectivity index is 1.81. The van der Waals surface area contributed by atoms with Gasteiger partial charge in [0.05, 0.1) is 29.5 Å². The molecule has 1 unspecified atom stereocenters. The molecule has 1 fully saturated rings. The van der Waals surface area contributed by atoms with Gasteiger partial charge in [-0.3, -0.25) is 4.79 Å². The number of nitrogens with zero attached hydrogens (tertiary/aromatic N) is 1. The summed E-state index contributed by atoms with van der Waals surface area (Å²) < 4.78 is 61.6. The number of anilines is 1. The number of aromatic hydroxyl groups is 1. The molecule has 188 valence electrons. The number of aromatic nitrogens is 1. The van der Waals surface area contributed by atoms with Crippen LogP contribution in [0.25, 0.3) is 10.8 Å². The molecule has 2 aromatic carbocycles. The van der Waals surface area contributed by atoms with Gasteiger partial charge < -0.3 is 24.5 Å². The molecule has 0 radical (unpaired) electrons. The minimum atomic E-state index is -3.55. The number of carbonyl (C=O) groups excluding carboxylic acids is 1. The van der Waals surface area contributed by atoms with E-state index >= 15 is 0 Å². The van der Waals surface area contributed by atoms with E-state index in [-0.39, 0.29) is 41.6 Å². The molecule has 11 heteroatoms. The normalized spacial score (nSPS) is 14.8. The smallest absolute Gasteiger partial charge is 0.387 e. The largest absolute Gasteiger partial charge is 0.494 e. The van der Waals surface area contributed by atoms with Crippen LogP contribution in [0.4, 0.5) is 14.5 Å². The molecule has 1 heterocycles. The Labute approximate surface area is 201 Å². The zero-order valence-corrected chi connectivity index (χ0v) is 20.0. The number of carbonyl (C=O) groups is 1. The third-order valence-electron chi connectivity index (χ3n) is 5.71. The number of rotatable bonds is 10. The van der Waals surface area contributed by atoms with Crippen LogP contribution in [0.15, 0.2) is 42.6 Å². The van der Waals surface area contributed by atoms with E-state index in [1.807, 2.05) is 0 Å². The number of hydrogen-bond acceptors (Lipinski definition) is 6. The number of fused-ring (bicyclic) bond motifs is 1. The van der Waals surface area contributed by atoms with E-state index in [2.05, 4.69) is 10.1 Å². The minimum Gasteiger partial charge on any atom is -0.494 e. The number of hydrogen-bond donors (Lipinski definition) is 2. The van der Waals surface area contributed by atoms with Crippen LogP contribution < -0.4 is 14.8 Å². The minimum absolute atomic E-state index is 0.0254. The fourth-order valence-corrected chi connectivity index (χ4v) is 4.93. The van der Waals surface area contributed by atoms with Gasteiger partial charge in [-0.25, -0.2) is 8.42 Å². The molecule has 1 aromatic heterocycles. The predicted molar refractivity (Wildman–Crippen MR) is 127 cm³/mol. The second-order valence-corrected chi connectivity index (χ2v) is 10.7. The first-order chi connectivity index (χ1) is 16.6. The zero-order chi connectivity index (χ0) is 25.3. The third-order valence-corrected chi connectivity index (χ3v) is 6.64. The maximum absolute atomic E-state index is 12.8. The van der Waals surface area contributed by atoms with Crippen molar-refractivity contribution in [3.63, 3.8) is 0 Å². The van der Waals surface area contributed by atoms with Crippen LogP contribution in [-0.4, -0.2) is 49.2 Å². The molecule has 0 saturated heterocycles. The van der Waals surface area contributed by atoms with Crippen molar-refractivity contribution >= 4 is 32.2 Å². The van der Waals surface area contributed by atoms with Crippen molar-refractivity contribution in [1.29, 1.82) is 0 Å². The maximum atomic E-state index is 12.8. The van der Waals surface area contributed by atoms with Gasteiger partial charge in [0.2, 0.25) is 11.8 Å². The second kappa shape index (κ2) is 9.73. The number of alkyl halides is 2. The van der Waals surface area contributed by atoms with E-state index in [0.717, 1.165) is 19.1 Å². The van der Waals surface area contributed by atoms with Gasteiger partial charge in [0, 0.05) is 23.8 Å². The van der Waals surface area contributed by atoms with Crippen molar-refractivity contribution in [3.05, 3.63) is 48.2 Å². The first kappa shape index (κ1) is 24.8. The summed E-state index contributed by atoms with van der Waals surface area (Å²) in [6, 6.07) is 8.38. The quantitative estimate of drug-likeness (QED) is 0.422. The van der Waals surface area contributed by atoms with Gasteiger partial charge in [-0.1, -0.05) is 18.2 Å². The molecule has 4 rings (SSSR count). The van der Waals surface area contributed by atoms with E-state index in [1.165, 1.54) is 22.8 Å². The number of amides is 1. The van der Waals surface area contributed by atoms with Crippen LogP contribution in [0, 0.1) is 5.92 Å². The molecule has 0 bridgehead atoms. The molecule has 1 atom stereocenters. The van der Waals surface area contributed by atoms with E-state index in [9.17, 15) is 27.1 Å². The summed E-state index contributed by atoms with van der Waals surface area (Å²) in [5.41, 5.74) is 0.823. The second-order valence-electron chi connectivity index (χ2n) is 8.52. The monoisotopic (exact) mass is 508 g/mol. The first-order valence-corrected chi connectivity index (χ1v) is 13.2. The standard InChI is InChI=1S/C24H26F2N2O6S/c1-3-33-20-11-15(9-10-19(20)34-24(25)26)18(13-35(2,31)32)28-12-16-5-4-6-17(21(16)23(28)30)27-22(29)14-7-8-14/h4-6,9-12,14,18,24,30H,3,7-8,13H2,1-2H3,(H,27,29). The molecule has 1 saturated carbocycles. The number of benzene rings is 2. The van der Waals surface area contributed by atoms with Crippen molar-refractivity contribution in [2.75, 3.05) is 23.9 Å². The number of ether oxygens (including phenoxy) is 2. The molecule has 1 aliphatic carbocycles. The molecule has 8 nitrogen and oxygen atoms in total.